The molecule has 4 heterocycles. The van der Waals surface area contributed by atoms with Crippen molar-refractivity contribution in [3.63, 3.8) is 0 Å². The predicted octanol–water partition coefficient (Wildman–Crippen LogP) is 3.95. The molecule has 7 nitrogen and oxygen atoms in total. The third kappa shape index (κ3) is 2.86. The van der Waals surface area contributed by atoms with Gasteiger partial charge in [0.2, 0.25) is 0 Å². The van der Waals surface area contributed by atoms with E-state index in [4.69, 9.17) is 16.6 Å². The van der Waals surface area contributed by atoms with E-state index in [9.17, 15) is 4.79 Å². The first kappa shape index (κ1) is 16.9. The zero-order chi connectivity index (χ0) is 18.5. The van der Waals surface area contributed by atoms with Gasteiger partial charge in [0.15, 0.2) is 5.01 Å². The minimum Gasteiger partial charge on any atom is -0.348 e. The zero-order valence-electron chi connectivity index (χ0n) is 13.7. The van der Waals surface area contributed by atoms with Gasteiger partial charge in [0.25, 0.3) is 5.91 Å². The highest BCUT2D eigenvalue weighted by Crippen LogP contribution is 2.35. The van der Waals surface area contributed by atoms with Crippen molar-refractivity contribution in [1.82, 2.24) is 29.8 Å². The molecule has 10 heteroatoms. The van der Waals surface area contributed by atoms with E-state index in [-0.39, 0.29) is 5.91 Å². The first-order chi connectivity index (χ1) is 13.1. The van der Waals surface area contributed by atoms with Gasteiger partial charge >= 0.3 is 0 Å². The van der Waals surface area contributed by atoms with Crippen LogP contribution < -0.4 is 0 Å². The maximum Gasteiger partial charge on any atom is 0.283 e. The molecule has 0 bridgehead atoms. The number of amides is 1. The Morgan fingerprint density at radius 2 is 2.26 bits per heavy atom. The number of imidazole rings is 2. The van der Waals surface area contributed by atoms with E-state index in [1.165, 1.54) is 17.5 Å². The Morgan fingerprint density at radius 1 is 1.37 bits per heavy atom. The fraction of sp³-hybridized carbons (Fsp3) is 0.176. The van der Waals surface area contributed by atoms with E-state index >= 15 is 0 Å². The van der Waals surface area contributed by atoms with Crippen LogP contribution in [0.25, 0.3) is 11.0 Å². The highest BCUT2D eigenvalue weighted by Gasteiger charge is 2.37. The van der Waals surface area contributed by atoms with Crippen molar-refractivity contribution >= 4 is 55.8 Å². The third-order valence-corrected chi connectivity index (χ3v) is 6.16. The van der Waals surface area contributed by atoms with Crippen molar-refractivity contribution in [2.24, 2.45) is 0 Å². The molecule has 27 heavy (non-hydrogen) atoms. The molecule has 2 N–H and O–H groups in total. The number of carbonyl (C=O) groups excluding carboxylic acids is 1. The van der Waals surface area contributed by atoms with Gasteiger partial charge in [-0.1, -0.05) is 38.9 Å². The molecule has 1 amide bonds. The number of fused-ring (bicyclic) bond motifs is 2. The molecule has 1 aliphatic rings. The Labute approximate surface area is 170 Å². The monoisotopic (exact) mass is 462 g/mol. The van der Waals surface area contributed by atoms with Crippen molar-refractivity contribution in [2.45, 2.75) is 12.5 Å². The van der Waals surface area contributed by atoms with Gasteiger partial charge in [-0.15, -0.1) is 0 Å². The lowest BCUT2D eigenvalue weighted by Crippen LogP contribution is -2.41. The van der Waals surface area contributed by atoms with Gasteiger partial charge in [0.1, 0.15) is 16.2 Å². The topological polar surface area (TPSA) is 90.6 Å². The van der Waals surface area contributed by atoms with Gasteiger partial charge in [-0.05, 0) is 18.2 Å². The molecule has 136 valence electrons. The Bertz CT molecular complexity index is 1170. The normalized spacial score (nSPS) is 16.7. The molecule has 1 aromatic carbocycles. The van der Waals surface area contributed by atoms with Crippen LogP contribution >= 0.6 is 38.9 Å². The van der Waals surface area contributed by atoms with Crippen molar-refractivity contribution in [1.29, 1.82) is 0 Å². The number of halogens is 2. The number of aromatic amines is 2. The molecule has 0 aliphatic carbocycles. The van der Waals surface area contributed by atoms with E-state index in [2.05, 4.69) is 35.9 Å². The Morgan fingerprint density at radius 3 is 3.07 bits per heavy atom. The summed E-state index contributed by atoms with van der Waals surface area (Å²) < 4.78 is 1.45. The molecule has 0 spiro atoms. The number of thiazole rings is 1. The highest BCUT2D eigenvalue weighted by molar-refractivity contribution is 9.10. The first-order valence-electron chi connectivity index (χ1n) is 8.20. The fourth-order valence-corrected chi connectivity index (χ4v) is 4.61. The maximum atomic E-state index is 13.1. The zero-order valence-corrected chi connectivity index (χ0v) is 16.9. The number of rotatable bonds is 2. The molecule has 0 saturated carbocycles. The SMILES string of the molecule is O=C(c1ncc(Cl)s1)N1CCc2[nH]cnc2[C@H]1c1nc2ccc(Br)cc2[nH]1. The van der Waals surface area contributed by atoms with Crippen LogP contribution in [0.5, 0.6) is 0 Å². The summed E-state index contributed by atoms with van der Waals surface area (Å²) >= 11 is 10.6. The summed E-state index contributed by atoms with van der Waals surface area (Å²) in [6.07, 6.45) is 3.85. The first-order valence-corrected chi connectivity index (χ1v) is 10.2. The van der Waals surface area contributed by atoms with Crippen LogP contribution in [0.2, 0.25) is 4.34 Å². The summed E-state index contributed by atoms with van der Waals surface area (Å²) in [5, 5.41) is 0.364. The summed E-state index contributed by atoms with van der Waals surface area (Å²) in [7, 11) is 0. The highest BCUT2D eigenvalue weighted by atomic mass is 79.9. The summed E-state index contributed by atoms with van der Waals surface area (Å²) in [5.41, 5.74) is 3.55. The Kier molecular flexibility index (Phi) is 4.03. The molecule has 3 aromatic heterocycles. The van der Waals surface area contributed by atoms with Crippen LogP contribution in [-0.2, 0) is 6.42 Å². The number of carbonyl (C=O) groups is 1. The average molecular weight is 464 g/mol. The van der Waals surface area contributed by atoms with Gasteiger partial charge in [-0.2, -0.15) is 0 Å². The van der Waals surface area contributed by atoms with Crippen LogP contribution in [-0.4, -0.2) is 42.3 Å². The number of hydrogen-bond donors (Lipinski definition) is 2. The van der Waals surface area contributed by atoms with Crippen LogP contribution in [0.3, 0.4) is 0 Å². The van der Waals surface area contributed by atoms with E-state index in [0.29, 0.717) is 28.1 Å². The number of H-pyrrole nitrogens is 2. The smallest absolute Gasteiger partial charge is 0.283 e. The second-order valence-electron chi connectivity index (χ2n) is 6.17. The molecule has 4 aromatic rings. The molecule has 1 atom stereocenters. The Hall–Kier alpha value is -2.23. The van der Waals surface area contributed by atoms with Gasteiger partial charge in [-0.3, -0.25) is 4.79 Å². The summed E-state index contributed by atoms with van der Waals surface area (Å²) in [6.45, 7) is 0.538. The van der Waals surface area contributed by atoms with Crippen molar-refractivity contribution in [3.8, 4) is 0 Å². The van der Waals surface area contributed by atoms with E-state index in [0.717, 1.165) is 26.9 Å². The largest absolute Gasteiger partial charge is 0.348 e. The van der Waals surface area contributed by atoms with Crippen molar-refractivity contribution < 1.29 is 4.79 Å². The molecule has 0 unspecified atom stereocenters. The van der Waals surface area contributed by atoms with E-state index < -0.39 is 6.04 Å². The van der Waals surface area contributed by atoms with Gasteiger partial charge < -0.3 is 14.9 Å². The minimum absolute atomic E-state index is 0.174. The van der Waals surface area contributed by atoms with Crippen LogP contribution in [0.1, 0.15) is 33.1 Å². The lowest BCUT2D eigenvalue weighted by Gasteiger charge is -2.33. The number of nitrogens with one attached hydrogen (secondary N) is 2. The maximum absolute atomic E-state index is 13.1. The molecule has 1 aliphatic heterocycles. The predicted molar refractivity (Wildman–Crippen MR) is 106 cm³/mol. The number of hydrogen-bond acceptors (Lipinski definition) is 5. The van der Waals surface area contributed by atoms with Crippen LogP contribution in [0.15, 0.2) is 35.2 Å². The van der Waals surface area contributed by atoms with E-state index in [1.807, 2.05) is 18.2 Å². The molecule has 0 radical (unpaired) electrons. The minimum atomic E-state index is -0.415. The second kappa shape index (κ2) is 6.43. The lowest BCUT2D eigenvalue weighted by molar-refractivity contribution is 0.0684. The van der Waals surface area contributed by atoms with Crippen LogP contribution in [0.4, 0.5) is 0 Å². The molecular formula is C17H12BrClN6OS. The van der Waals surface area contributed by atoms with Crippen molar-refractivity contribution in [3.05, 3.63) is 61.8 Å². The Balaban J connectivity index is 1.63. The fourth-order valence-electron chi connectivity index (χ4n) is 3.38. The molecule has 0 fully saturated rings. The van der Waals surface area contributed by atoms with Gasteiger partial charge in [0.05, 0.1) is 29.3 Å². The quantitative estimate of drug-likeness (QED) is 0.471. The summed E-state index contributed by atoms with van der Waals surface area (Å²) in [5.74, 6) is 0.499. The second-order valence-corrected chi connectivity index (χ2v) is 8.75. The number of benzene rings is 1. The standard InChI is InChI=1S/C17H12BrClN6OS/c18-8-1-2-9-11(5-8)24-15(23-9)14-13-10(21-7-22-13)3-4-25(14)17(26)16-20-6-12(19)27-16/h1-2,5-7,14H,3-4H2,(H,21,22)(H,23,24)/t14-/m0/s1. The van der Waals surface area contributed by atoms with Gasteiger partial charge in [0, 0.05) is 23.1 Å². The number of aromatic nitrogens is 5. The lowest BCUT2D eigenvalue weighted by atomic mass is 10.0. The summed E-state index contributed by atoms with van der Waals surface area (Å²) in [4.78, 5) is 34.7. The van der Waals surface area contributed by atoms with Crippen molar-refractivity contribution in [2.75, 3.05) is 6.54 Å². The molecular weight excluding hydrogens is 452 g/mol. The van der Waals surface area contributed by atoms with E-state index in [1.54, 1.807) is 11.2 Å². The van der Waals surface area contributed by atoms with Crippen LogP contribution in [0, 0.1) is 0 Å². The number of nitrogens with zero attached hydrogens (tertiary/aromatic N) is 4. The average Bonchev–Trinajstić information content (AvgIpc) is 3.38. The summed E-state index contributed by atoms with van der Waals surface area (Å²) in [6, 6.07) is 5.42. The molecule has 5 rings (SSSR count). The third-order valence-electron chi connectivity index (χ3n) is 4.57. The molecule has 0 saturated heterocycles. The van der Waals surface area contributed by atoms with Gasteiger partial charge in [-0.25, -0.2) is 15.0 Å².